The van der Waals surface area contributed by atoms with Crippen LogP contribution in [-0.4, -0.2) is 27.0 Å². The summed E-state index contributed by atoms with van der Waals surface area (Å²) in [5.41, 5.74) is 7.48. The minimum atomic E-state index is 0.175. The molecule has 2 rings (SSSR count). The van der Waals surface area contributed by atoms with E-state index in [1.807, 2.05) is 19.2 Å². The minimum Gasteiger partial charge on any atom is -0.368 e. The highest BCUT2D eigenvalue weighted by Gasteiger charge is 2.03. The molecule has 0 aliphatic carbocycles. The maximum absolute atomic E-state index is 5.54. The lowest BCUT2D eigenvalue weighted by Crippen LogP contribution is -2.06. The molecule has 2 aromatic rings. The fourth-order valence-corrected chi connectivity index (χ4v) is 1.27. The highest BCUT2D eigenvalue weighted by molar-refractivity contribution is 5.55. The average molecular weight is 219 g/mol. The predicted octanol–water partition coefficient (Wildman–Crippen LogP) is 0.876. The number of hydrogen-bond acceptors (Lipinski definition) is 6. The Kier molecular flexibility index (Phi) is 2.59. The second-order valence-electron chi connectivity index (χ2n) is 3.29. The van der Waals surface area contributed by atoms with E-state index in [4.69, 9.17) is 5.73 Å². The average Bonchev–Trinajstić information content (AvgIpc) is 2.63. The van der Waals surface area contributed by atoms with Gasteiger partial charge in [0.25, 0.3) is 0 Å². The number of nitrogen functional groups attached to an aromatic ring is 1. The smallest absolute Gasteiger partial charge is 0.233 e. The van der Waals surface area contributed by atoms with Gasteiger partial charge in [-0.25, -0.2) is 0 Å². The van der Waals surface area contributed by atoms with Crippen molar-refractivity contribution in [1.82, 2.24) is 19.9 Å². The molecule has 0 atom stereocenters. The third-order valence-electron chi connectivity index (χ3n) is 1.96. The van der Waals surface area contributed by atoms with E-state index in [1.54, 1.807) is 7.05 Å². The Balaban J connectivity index is 2.24. The molecule has 0 aliphatic heterocycles. The number of aromatic amines is 1. The van der Waals surface area contributed by atoms with Gasteiger partial charge in [0, 0.05) is 18.9 Å². The van der Waals surface area contributed by atoms with Crippen molar-refractivity contribution in [2.75, 3.05) is 23.4 Å². The molecule has 0 saturated heterocycles. The van der Waals surface area contributed by atoms with Gasteiger partial charge in [-0.2, -0.15) is 15.0 Å². The molecule has 0 bridgehead atoms. The summed E-state index contributed by atoms with van der Waals surface area (Å²) in [6, 6.07) is 1.94. The second-order valence-corrected chi connectivity index (χ2v) is 3.29. The first-order valence-corrected chi connectivity index (χ1v) is 4.79. The van der Waals surface area contributed by atoms with Crippen molar-refractivity contribution in [2.45, 2.75) is 6.92 Å². The SMILES string of the molecule is CNc1nc(N)nc(Nc2c[nH]c(C)c2)n1. The van der Waals surface area contributed by atoms with Gasteiger partial charge < -0.3 is 21.4 Å². The van der Waals surface area contributed by atoms with E-state index < -0.39 is 0 Å². The highest BCUT2D eigenvalue weighted by Crippen LogP contribution is 2.15. The molecular weight excluding hydrogens is 206 g/mol. The van der Waals surface area contributed by atoms with Crippen molar-refractivity contribution in [1.29, 1.82) is 0 Å². The van der Waals surface area contributed by atoms with Gasteiger partial charge in [-0.15, -0.1) is 0 Å². The van der Waals surface area contributed by atoms with Gasteiger partial charge in [-0.1, -0.05) is 0 Å². The van der Waals surface area contributed by atoms with Crippen LogP contribution in [-0.2, 0) is 0 Å². The summed E-state index contributed by atoms with van der Waals surface area (Å²) in [6.45, 7) is 1.96. The molecule has 0 aromatic carbocycles. The molecular formula is C9H13N7. The van der Waals surface area contributed by atoms with E-state index in [9.17, 15) is 0 Å². The predicted molar refractivity (Wildman–Crippen MR) is 62.6 cm³/mol. The van der Waals surface area contributed by atoms with Crippen LogP contribution in [0, 0.1) is 6.92 Å². The zero-order valence-corrected chi connectivity index (χ0v) is 9.07. The first-order chi connectivity index (χ1) is 7.67. The van der Waals surface area contributed by atoms with Crippen LogP contribution in [0.4, 0.5) is 23.5 Å². The molecule has 0 unspecified atom stereocenters. The molecule has 0 amide bonds. The maximum Gasteiger partial charge on any atom is 0.233 e. The summed E-state index contributed by atoms with van der Waals surface area (Å²) in [7, 11) is 1.72. The fourth-order valence-electron chi connectivity index (χ4n) is 1.27. The molecule has 7 nitrogen and oxygen atoms in total. The maximum atomic E-state index is 5.54. The molecule has 0 spiro atoms. The number of rotatable bonds is 3. The first kappa shape index (κ1) is 10.2. The van der Waals surface area contributed by atoms with E-state index in [2.05, 4.69) is 30.6 Å². The lowest BCUT2D eigenvalue weighted by Gasteiger charge is -2.04. The molecule has 84 valence electrons. The zero-order valence-electron chi connectivity index (χ0n) is 9.07. The van der Waals surface area contributed by atoms with Crippen molar-refractivity contribution < 1.29 is 0 Å². The Morgan fingerprint density at radius 3 is 2.62 bits per heavy atom. The quantitative estimate of drug-likeness (QED) is 0.610. The van der Waals surface area contributed by atoms with Gasteiger partial charge in [0.05, 0.1) is 5.69 Å². The number of aromatic nitrogens is 4. The highest BCUT2D eigenvalue weighted by atomic mass is 15.2. The second kappa shape index (κ2) is 4.05. The van der Waals surface area contributed by atoms with Gasteiger partial charge in [0.15, 0.2) is 0 Å². The Morgan fingerprint density at radius 2 is 2.00 bits per heavy atom. The molecule has 16 heavy (non-hydrogen) atoms. The number of H-pyrrole nitrogens is 1. The topological polar surface area (TPSA) is 105 Å². The third kappa shape index (κ3) is 2.19. The fraction of sp³-hybridized carbons (Fsp3) is 0.222. The van der Waals surface area contributed by atoms with Crippen molar-refractivity contribution in [3.63, 3.8) is 0 Å². The van der Waals surface area contributed by atoms with Crippen LogP contribution in [0.2, 0.25) is 0 Å². The normalized spacial score (nSPS) is 10.1. The van der Waals surface area contributed by atoms with Crippen molar-refractivity contribution in [3.8, 4) is 0 Å². The lowest BCUT2D eigenvalue weighted by molar-refractivity contribution is 1.07. The number of nitrogens with two attached hydrogens (primary N) is 1. The summed E-state index contributed by atoms with van der Waals surface area (Å²) in [5.74, 6) is 1.02. The van der Waals surface area contributed by atoms with Crippen molar-refractivity contribution in [2.24, 2.45) is 0 Å². The van der Waals surface area contributed by atoms with Gasteiger partial charge in [0.2, 0.25) is 17.8 Å². The molecule has 5 N–H and O–H groups in total. The molecule has 0 radical (unpaired) electrons. The number of aryl methyl sites for hydroxylation is 1. The van der Waals surface area contributed by atoms with Gasteiger partial charge in [0.1, 0.15) is 0 Å². The van der Waals surface area contributed by atoms with E-state index in [0.29, 0.717) is 11.9 Å². The lowest BCUT2D eigenvalue weighted by atomic mass is 10.4. The van der Waals surface area contributed by atoms with Crippen molar-refractivity contribution in [3.05, 3.63) is 18.0 Å². The Hall–Kier alpha value is -2.31. The minimum absolute atomic E-state index is 0.175. The largest absolute Gasteiger partial charge is 0.368 e. The number of nitrogens with zero attached hydrogens (tertiary/aromatic N) is 3. The Labute approximate surface area is 92.5 Å². The van der Waals surface area contributed by atoms with Gasteiger partial charge >= 0.3 is 0 Å². The van der Waals surface area contributed by atoms with Crippen LogP contribution >= 0.6 is 0 Å². The Morgan fingerprint density at radius 1 is 1.25 bits per heavy atom. The number of nitrogens with one attached hydrogen (secondary N) is 3. The summed E-state index contributed by atoms with van der Waals surface area (Å²) < 4.78 is 0. The van der Waals surface area contributed by atoms with Gasteiger partial charge in [-0.05, 0) is 13.0 Å². The molecule has 0 saturated carbocycles. The van der Waals surface area contributed by atoms with Crippen LogP contribution in [0.15, 0.2) is 12.3 Å². The van der Waals surface area contributed by atoms with E-state index in [0.717, 1.165) is 11.4 Å². The van der Waals surface area contributed by atoms with Crippen molar-refractivity contribution >= 4 is 23.5 Å². The van der Waals surface area contributed by atoms with E-state index >= 15 is 0 Å². The molecule has 2 heterocycles. The zero-order chi connectivity index (χ0) is 11.5. The van der Waals surface area contributed by atoms with E-state index in [-0.39, 0.29) is 5.95 Å². The number of hydrogen-bond donors (Lipinski definition) is 4. The van der Waals surface area contributed by atoms with Crippen LogP contribution < -0.4 is 16.4 Å². The summed E-state index contributed by atoms with van der Waals surface area (Å²) in [6.07, 6.45) is 1.83. The van der Waals surface area contributed by atoms with Crippen LogP contribution in [0.3, 0.4) is 0 Å². The monoisotopic (exact) mass is 219 g/mol. The molecule has 0 aliphatic rings. The summed E-state index contributed by atoms with van der Waals surface area (Å²) >= 11 is 0. The Bertz CT molecular complexity index is 490. The van der Waals surface area contributed by atoms with Crippen LogP contribution in [0.1, 0.15) is 5.69 Å². The standard InChI is InChI=1S/C9H13N7/c1-5-3-6(4-12-5)13-9-15-7(10)14-8(11-2)16-9/h3-4,12H,1-2H3,(H4,10,11,13,14,15,16). The first-order valence-electron chi connectivity index (χ1n) is 4.79. The molecule has 0 fully saturated rings. The van der Waals surface area contributed by atoms with Gasteiger partial charge in [-0.3, -0.25) is 0 Å². The van der Waals surface area contributed by atoms with E-state index in [1.165, 1.54) is 0 Å². The molecule has 7 heteroatoms. The third-order valence-corrected chi connectivity index (χ3v) is 1.96. The summed E-state index contributed by atoms with van der Waals surface area (Å²) in [5, 5.41) is 5.84. The van der Waals surface area contributed by atoms with Crippen LogP contribution in [0.25, 0.3) is 0 Å². The van der Waals surface area contributed by atoms with Crippen LogP contribution in [0.5, 0.6) is 0 Å². The molecule has 2 aromatic heterocycles. The number of anilines is 4. The summed E-state index contributed by atoms with van der Waals surface area (Å²) in [4.78, 5) is 15.0.